The number of methoxy groups -OCH3 is 2. The third-order valence-corrected chi connectivity index (χ3v) is 5.71. The van der Waals surface area contributed by atoms with Crippen LogP contribution in [-0.4, -0.2) is 50.8 Å². The maximum Gasteiger partial charge on any atom is 0.234 e. The van der Waals surface area contributed by atoms with Gasteiger partial charge in [0.25, 0.3) is 0 Å². The Labute approximate surface area is 183 Å². The number of carbonyl (C=O) groups is 1. The second kappa shape index (κ2) is 9.47. The highest BCUT2D eigenvalue weighted by Crippen LogP contribution is 2.33. The lowest BCUT2D eigenvalue weighted by molar-refractivity contribution is -0.123. The predicted molar refractivity (Wildman–Crippen MR) is 117 cm³/mol. The molecule has 1 amide bonds. The number of nitrogens with one attached hydrogen (secondary N) is 1. The highest BCUT2D eigenvalue weighted by molar-refractivity contribution is 5.78. The molecule has 0 saturated heterocycles. The van der Waals surface area contributed by atoms with E-state index >= 15 is 0 Å². The van der Waals surface area contributed by atoms with Gasteiger partial charge in [0.2, 0.25) is 5.91 Å². The lowest BCUT2D eigenvalue weighted by Crippen LogP contribution is -2.39. The Morgan fingerprint density at radius 2 is 1.87 bits per heavy atom. The van der Waals surface area contributed by atoms with Gasteiger partial charge in [-0.2, -0.15) is 0 Å². The van der Waals surface area contributed by atoms with E-state index in [0.717, 1.165) is 47.0 Å². The van der Waals surface area contributed by atoms with E-state index in [2.05, 4.69) is 10.2 Å². The van der Waals surface area contributed by atoms with Crippen LogP contribution in [0.15, 0.2) is 36.4 Å². The minimum absolute atomic E-state index is 0.00356. The van der Waals surface area contributed by atoms with E-state index in [1.807, 2.05) is 43.3 Å². The van der Waals surface area contributed by atoms with Gasteiger partial charge in [-0.15, -0.1) is 0 Å². The number of nitrogens with zero attached hydrogens (tertiary/aromatic N) is 1. The van der Waals surface area contributed by atoms with Gasteiger partial charge in [-0.25, -0.2) is 0 Å². The zero-order chi connectivity index (χ0) is 21.8. The van der Waals surface area contributed by atoms with E-state index in [1.54, 1.807) is 14.2 Å². The van der Waals surface area contributed by atoms with Crippen molar-refractivity contribution in [2.24, 2.45) is 0 Å². The Kier molecular flexibility index (Phi) is 6.51. The van der Waals surface area contributed by atoms with E-state index in [4.69, 9.17) is 18.9 Å². The van der Waals surface area contributed by atoms with Crippen molar-refractivity contribution in [3.8, 4) is 23.0 Å². The minimum Gasteiger partial charge on any atom is -0.497 e. The van der Waals surface area contributed by atoms with Crippen molar-refractivity contribution in [1.29, 1.82) is 0 Å². The zero-order valence-electron chi connectivity index (χ0n) is 18.3. The highest BCUT2D eigenvalue weighted by atomic mass is 16.6. The van der Waals surface area contributed by atoms with Gasteiger partial charge in [0.05, 0.1) is 26.8 Å². The molecule has 2 aliphatic rings. The molecular weight excluding hydrogens is 396 g/mol. The van der Waals surface area contributed by atoms with Crippen LogP contribution in [-0.2, 0) is 11.3 Å². The first-order valence-electron chi connectivity index (χ1n) is 10.7. The van der Waals surface area contributed by atoms with Crippen LogP contribution in [0.25, 0.3) is 0 Å². The minimum atomic E-state index is -0.129. The summed E-state index contributed by atoms with van der Waals surface area (Å²) < 4.78 is 22.1. The molecule has 2 aromatic rings. The summed E-state index contributed by atoms with van der Waals surface area (Å²) in [7, 11) is 3.31. The van der Waals surface area contributed by atoms with Crippen LogP contribution >= 0.6 is 0 Å². The summed E-state index contributed by atoms with van der Waals surface area (Å²) >= 11 is 0. The topological polar surface area (TPSA) is 69.3 Å². The molecule has 1 saturated carbocycles. The quantitative estimate of drug-likeness (QED) is 0.664. The van der Waals surface area contributed by atoms with E-state index in [-0.39, 0.29) is 11.9 Å². The van der Waals surface area contributed by atoms with Crippen molar-refractivity contribution < 1.29 is 23.7 Å². The molecule has 1 aliphatic heterocycles. The lowest BCUT2D eigenvalue weighted by Gasteiger charge is -2.25. The third kappa shape index (κ3) is 5.22. The summed E-state index contributed by atoms with van der Waals surface area (Å²) in [4.78, 5) is 15.1. The summed E-state index contributed by atoms with van der Waals surface area (Å²) in [6.07, 6.45) is 2.22. The molecule has 0 spiro atoms. The molecule has 166 valence electrons. The second-order valence-electron chi connectivity index (χ2n) is 8.01. The summed E-state index contributed by atoms with van der Waals surface area (Å²) in [6, 6.07) is 11.9. The molecule has 4 rings (SSSR count). The fourth-order valence-electron chi connectivity index (χ4n) is 3.86. The van der Waals surface area contributed by atoms with E-state index < -0.39 is 0 Å². The van der Waals surface area contributed by atoms with Gasteiger partial charge in [0.15, 0.2) is 11.5 Å². The third-order valence-electron chi connectivity index (χ3n) is 5.71. The average Bonchev–Trinajstić information content (AvgIpc) is 3.63. The molecule has 0 radical (unpaired) electrons. The van der Waals surface area contributed by atoms with Gasteiger partial charge in [-0.3, -0.25) is 9.69 Å². The van der Waals surface area contributed by atoms with Crippen molar-refractivity contribution in [2.75, 3.05) is 34.0 Å². The number of benzene rings is 2. The lowest BCUT2D eigenvalue weighted by atomic mass is 10.1. The molecule has 31 heavy (non-hydrogen) atoms. The summed E-state index contributed by atoms with van der Waals surface area (Å²) in [5, 5.41) is 3.12. The molecular formula is C24H30N2O5. The van der Waals surface area contributed by atoms with Gasteiger partial charge in [0.1, 0.15) is 24.7 Å². The molecule has 1 unspecified atom stereocenters. The van der Waals surface area contributed by atoms with Gasteiger partial charge in [-0.1, -0.05) is 6.07 Å². The van der Waals surface area contributed by atoms with Crippen molar-refractivity contribution in [2.45, 2.75) is 38.4 Å². The molecule has 1 heterocycles. The first-order chi connectivity index (χ1) is 15.1. The first-order valence-corrected chi connectivity index (χ1v) is 10.7. The van der Waals surface area contributed by atoms with Crippen LogP contribution < -0.4 is 24.3 Å². The summed E-state index contributed by atoms with van der Waals surface area (Å²) in [6.45, 7) is 4.06. The van der Waals surface area contributed by atoms with E-state index in [1.165, 1.54) is 0 Å². The molecule has 7 heteroatoms. The largest absolute Gasteiger partial charge is 0.497 e. The van der Waals surface area contributed by atoms with Crippen molar-refractivity contribution in [3.63, 3.8) is 0 Å². The van der Waals surface area contributed by atoms with Crippen LogP contribution in [0.4, 0.5) is 0 Å². The van der Waals surface area contributed by atoms with Crippen LogP contribution in [0.1, 0.15) is 36.9 Å². The maximum atomic E-state index is 12.9. The van der Waals surface area contributed by atoms with Crippen molar-refractivity contribution >= 4 is 5.91 Å². The molecule has 0 bridgehead atoms. The van der Waals surface area contributed by atoms with Gasteiger partial charge >= 0.3 is 0 Å². The number of amides is 1. The standard InChI is InChI=1S/C24H30N2O5/c1-16(17-4-8-22-23(13-17)31-11-10-30-22)25-24(27)15-26(19-5-6-19)14-18-12-20(28-2)7-9-21(18)29-3/h4,7-9,12-13,16,19H,5-6,10-11,14-15H2,1-3H3,(H,25,27). The molecule has 1 atom stereocenters. The average molecular weight is 427 g/mol. The zero-order valence-corrected chi connectivity index (χ0v) is 18.3. The van der Waals surface area contributed by atoms with Crippen LogP contribution in [0, 0.1) is 0 Å². The highest BCUT2D eigenvalue weighted by Gasteiger charge is 2.31. The van der Waals surface area contributed by atoms with E-state index in [9.17, 15) is 4.79 Å². The number of fused-ring (bicyclic) bond motifs is 1. The molecule has 0 aromatic heterocycles. The van der Waals surface area contributed by atoms with Crippen molar-refractivity contribution in [1.82, 2.24) is 10.2 Å². The molecule has 7 nitrogen and oxygen atoms in total. The molecule has 2 aromatic carbocycles. The Morgan fingerprint density at radius 3 is 2.58 bits per heavy atom. The molecule has 1 N–H and O–H groups in total. The Morgan fingerprint density at radius 1 is 1.10 bits per heavy atom. The van der Waals surface area contributed by atoms with Crippen LogP contribution in [0.3, 0.4) is 0 Å². The second-order valence-corrected chi connectivity index (χ2v) is 8.01. The summed E-state index contributed by atoms with van der Waals surface area (Å²) in [5.41, 5.74) is 2.01. The Balaban J connectivity index is 1.40. The number of carbonyl (C=O) groups excluding carboxylic acids is 1. The number of rotatable bonds is 9. The number of ether oxygens (including phenoxy) is 4. The van der Waals surface area contributed by atoms with Gasteiger partial charge in [0, 0.05) is 18.2 Å². The molecule has 1 fully saturated rings. The number of hydrogen-bond donors (Lipinski definition) is 1. The molecule has 1 aliphatic carbocycles. The number of hydrogen-bond acceptors (Lipinski definition) is 6. The van der Waals surface area contributed by atoms with Gasteiger partial charge in [-0.05, 0) is 55.7 Å². The fourth-order valence-corrected chi connectivity index (χ4v) is 3.86. The van der Waals surface area contributed by atoms with E-state index in [0.29, 0.717) is 32.3 Å². The smallest absolute Gasteiger partial charge is 0.234 e. The first kappa shape index (κ1) is 21.3. The maximum absolute atomic E-state index is 12.9. The van der Waals surface area contributed by atoms with Crippen molar-refractivity contribution in [3.05, 3.63) is 47.5 Å². The Hall–Kier alpha value is -2.93. The SMILES string of the molecule is COc1ccc(OC)c(CN(CC(=O)NC(C)c2ccc3c(c2)OCCO3)C2CC2)c1. The Bertz CT molecular complexity index is 928. The van der Waals surface area contributed by atoms with Gasteiger partial charge < -0.3 is 24.3 Å². The normalized spacial score (nSPS) is 16.0. The fraction of sp³-hybridized carbons (Fsp3) is 0.458. The summed E-state index contributed by atoms with van der Waals surface area (Å²) in [5.74, 6) is 3.06. The monoisotopic (exact) mass is 426 g/mol. The van der Waals surface area contributed by atoms with Crippen LogP contribution in [0.2, 0.25) is 0 Å². The predicted octanol–water partition coefficient (Wildman–Crippen LogP) is 3.32. The van der Waals surface area contributed by atoms with Crippen LogP contribution in [0.5, 0.6) is 23.0 Å².